The van der Waals surface area contributed by atoms with E-state index in [2.05, 4.69) is 17.2 Å². The third-order valence-corrected chi connectivity index (χ3v) is 2.19. The van der Waals surface area contributed by atoms with Crippen molar-refractivity contribution in [2.45, 2.75) is 32.7 Å². The summed E-state index contributed by atoms with van der Waals surface area (Å²) in [5.74, 6) is 0. The zero-order valence-electron chi connectivity index (χ0n) is 8.96. The standard InChI is InChI=1S/C11H19N3/c1-3-4-11(8-12)14-10-5-6-13-9(2)7-10/h5-7,11H,3-4,8,12H2,1-2H3,(H,13,14). The first-order valence-electron chi connectivity index (χ1n) is 5.15. The van der Waals surface area contributed by atoms with Gasteiger partial charge in [-0.25, -0.2) is 0 Å². The minimum atomic E-state index is 0.377. The third-order valence-electron chi connectivity index (χ3n) is 2.19. The fourth-order valence-electron chi connectivity index (χ4n) is 1.47. The van der Waals surface area contributed by atoms with Crippen LogP contribution < -0.4 is 11.1 Å². The molecule has 0 aliphatic rings. The minimum absolute atomic E-state index is 0.377. The van der Waals surface area contributed by atoms with Crippen molar-refractivity contribution in [1.82, 2.24) is 4.98 Å². The molecule has 1 rings (SSSR count). The molecule has 0 aliphatic heterocycles. The molecule has 1 aromatic rings. The lowest BCUT2D eigenvalue weighted by atomic mass is 10.1. The molecule has 1 heterocycles. The number of nitrogens with one attached hydrogen (secondary N) is 1. The van der Waals surface area contributed by atoms with Crippen LogP contribution in [0, 0.1) is 6.92 Å². The number of anilines is 1. The Morgan fingerprint density at radius 2 is 2.36 bits per heavy atom. The smallest absolute Gasteiger partial charge is 0.0393 e. The molecule has 3 nitrogen and oxygen atoms in total. The van der Waals surface area contributed by atoms with Crippen molar-refractivity contribution in [2.75, 3.05) is 11.9 Å². The zero-order valence-corrected chi connectivity index (χ0v) is 8.96. The maximum absolute atomic E-state index is 5.67. The number of nitrogens with zero attached hydrogens (tertiary/aromatic N) is 1. The van der Waals surface area contributed by atoms with Gasteiger partial charge in [0.05, 0.1) is 0 Å². The molecule has 78 valence electrons. The summed E-state index contributed by atoms with van der Waals surface area (Å²) in [4.78, 5) is 4.15. The average molecular weight is 193 g/mol. The summed E-state index contributed by atoms with van der Waals surface area (Å²) in [6, 6.07) is 4.39. The van der Waals surface area contributed by atoms with Gasteiger partial charge in [0.15, 0.2) is 0 Å². The number of aryl methyl sites for hydroxylation is 1. The van der Waals surface area contributed by atoms with Gasteiger partial charge in [-0.3, -0.25) is 4.98 Å². The van der Waals surface area contributed by atoms with Gasteiger partial charge in [0.2, 0.25) is 0 Å². The fourth-order valence-corrected chi connectivity index (χ4v) is 1.47. The quantitative estimate of drug-likeness (QED) is 0.751. The van der Waals surface area contributed by atoms with Crippen molar-refractivity contribution in [3.8, 4) is 0 Å². The largest absolute Gasteiger partial charge is 0.381 e. The topological polar surface area (TPSA) is 50.9 Å². The first-order chi connectivity index (χ1) is 6.76. The van der Waals surface area contributed by atoms with Crippen LogP contribution in [0.3, 0.4) is 0 Å². The Kier molecular flexibility index (Phi) is 4.40. The Morgan fingerprint density at radius 1 is 1.57 bits per heavy atom. The van der Waals surface area contributed by atoms with Gasteiger partial charge >= 0.3 is 0 Å². The molecule has 0 radical (unpaired) electrons. The first-order valence-corrected chi connectivity index (χ1v) is 5.15. The van der Waals surface area contributed by atoms with E-state index in [0.29, 0.717) is 12.6 Å². The van der Waals surface area contributed by atoms with Gasteiger partial charge in [0.25, 0.3) is 0 Å². The van der Waals surface area contributed by atoms with Crippen LogP contribution in [0.15, 0.2) is 18.3 Å². The molecule has 0 spiro atoms. The monoisotopic (exact) mass is 193 g/mol. The Hall–Kier alpha value is -1.09. The molecule has 0 aliphatic carbocycles. The van der Waals surface area contributed by atoms with Gasteiger partial charge in [-0.1, -0.05) is 13.3 Å². The third kappa shape index (κ3) is 3.34. The molecule has 0 saturated heterocycles. The van der Waals surface area contributed by atoms with Crippen molar-refractivity contribution in [2.24, 2.45) is 5.73 Å². The van der Waals surface area contributed by atoms with Crippen molar-refractivity contribution < 1.29 is 0 Å². The van der Waals surface area contributed by atoms with Crippen molar-refractivity contribution in [3.05, 3.63) is 24.0 Å². The zero-order chi connectivity index (χ0) is 10.4. The summed E-state index contributed by atoms with van der Waals surface area (Å²) in [7, 11) is 0. The van der Waals surface area contributed by atoms with Crippen molar-refractivity contribution in [1.29, 1.82) is 0 Å². The van der Waals surface area contributed by atoms with Crippen LogP contribution in [0.25, 0.3) is 0 Å². The van der Waals surface area contributed by atoms with Gasteiger partial charge in [0, 0.05) is 30.2 Å². The van der Waals surface area contributed by atoms with Gasteiger partial charge in [-0.15, -0.1) is 0 Å². The second kappa shape index (κ2) is 5.60. The highest BCUT2D eigenvalue weighted by Crippen LogP contribution is 2.10. The molecule has 0 aromatic carbocycles. The second-order valence-corrected chi connectivity index (χ2v) is 3.55. The Labute approximate surface area is 85.7 Å². The van der Waals surface area contributed by atoms with E-state index in [-0.39, 0.29) is 0 Å². The predicted octanol–water partition coefficient (Wildman–Crippen LogP) is 1.93. The van der Waals surface area contributed by atoms with Crippen LogP contribution in [0.4, 0.5) is 5.69 Å². The van der Waals surface area contributed by atoms with Crippen molar-refractivity contribution >= 4 is 5.69 Å². The first kappa shape index (κ1) is 11.0. The Balaban J connectivity index is 2.57. The highest BCUT2D eigenvalue weighted by Gasteiger charge is 2.04. The summed E-state index contributed by atoms with van der Waals surface area (Å²) in [5, 5.41) is 3.41. The van der Waals surface area contributed by atoms with Gasteiger partial charge in [0.1, 0.15) is 0 Å². The lowest BCUT2D eigenvalue weighted by Gasteiger charge is -2.17. The average Bonchev–Trinajstić information content (AvgIpc) is 2.17. The number of hydrogen-bond acceptors (Lipinski definition) is 3. The molecule has 1 unspecified atom stereocenters. The van der Waals surface area contributed by atoms with E-state index in [0.717, 1.165) is 24.2 Å². The van der Waals surface area contributed by atoms with Gasteiger partial charge < -0.3 is 11.1 Å². The summed E-state index contributed by atoms with van der Waals surface area (Å²) in [5.41, 5.74) is 7.81. The lowest BCUT2D eigenvalue weighted by molar-refractivity contribution is 0.648. The van der Waals surface area contributed by atoms with Crippen LogP contribution in [0.5, 0.6) is 0 Å². The van der Waals surface area contributed by atoms with E-state index in [4.69, 9.17) is 5.73 Å². The predicted molar refractivity (Wildman–Crippen MR) is 60.3 cm³/mol. The van der Waals surface area contributed by atoms with Crippen LogP contribution >= 0.6 is 0 Å². The molecule has 1 atom stereocenters. The van der Waals surface area contributed by atoms with E-state index in [1.54, 1.807) is 0 Å². The molecular formula is C11H19N3. The minimum Gasteiger partial charge on any atom is -0.381 e. The normalized spacial score (nSPS) is 12.5. The number of pyridine rings is 1. The van der Waals surface area contributed by atoms with Gasteiger partial charge in [-0.05, 0) is 25.5 Å². The van der Waals surface area contributed by atoms with Crippen LogP contribution in [0.1, 0.15) is 25.5 Å². The number of nitrogens with two attached hydrogens (primary N) is 1. The summed E-state index contributed by atoms with van der Waals surface area (Å²) in [6.45, 7) is 4.83. The molecule has 0 amide bonds. The molecule has 14 heavy (non-hydrogen) atoms. The lowest BCUT2D eigenvalue weighted by Crippen LogP contribution is -2.28. The van der Waals surface area contributed by atoms with Crippen LogP contribution in [-0.4, -0.2) is 17.6 Å². The summed E-state index contributed by atoms with van der Waals surface area (Å²) >= 11 is 0. The highest BCUT2D eigenvalue weighted by molar-refractivity contribution is 5.43. The molecule has 1 aromatic heterocycles. The molecule has 0 fully saturated rings. The Morgan fingerprint density at radius 3 is 2.93 bits per heavy atom. The second-order valence-electron chi connectivity index (χ2n) is 3.55. The maximum atomic E-state index is 5.67. The van der Waals surface area contributed by atoms with E-state index in [1.807, 2.05) is 25.3 Å². The highest BCUT2D eigenvalue weighted by atomic mass is 14.9. The van der Waals surface area contributed by atoms with E-state index >= 15 is 0 Å². The Bertz CT molecular complexity index is 273. The molecule has 0 saturated carbocycles. The van der Waals surface area contributed by atoms with Crippen molar-refractivity contribution in [3.63, 3.8) is 0 Å². The molecular weight excluding hydrogens is 174 g/mol. The van der Waals surface area contributed by atoms with E-state index in [1.165, 1.54) is 0 Å². The van der Waals surface area contributed by atoms with E-state index in [9.17, 15) is 0 Å². The molecule has 0 bridgehead atoms. The molecule has 3 N–H and O–H groups in total. The van der Waals surface area contributed by atoms with E-state index < -0.39 is 0 Å². The van der Waals surface area contributed by atoms with Crippen LogP contribution in [0.2, 0.25) is 0 Å². The van der Waals surface area contributed by atoms with Crippen LogP contribution in [-0.2, 0) is 0 Å². The maximum Gasteiger partial charge on any atom is 0.0393 e. The summed E-state index contributed by atoms with van der Waals surface area (Å²) in [6.07, 6.45) is 4.08. The SMILES string of the molecule is CCCC(CN)Nc1ccnc(C)c1. The fraction of sp³-hybridized carbons (Fsp3) is 0.545. The number of rotatable bonds is 5. The number of aromatic nitrogens is 1. The summed E-state index contributed by atoms with van der Waals surface area (Å²) < 4.78 is 0. The number of hydrogen-bond donors (Lipinski definition) is 2. The molecule has 3 heteroatoms. The van der Waals surface area contributed by atoms with Gasteiger partial charge in [-0.2, -0.15) is 0 Å².